The predicted octanol–water partition coefficient (Wildman–Crippen LogP) is 3.37. The second-order valence-corrected chi connectivity index (χ2v) is 4.10. The molecule has 0 radical (unpaired) electrons. The fraction of sp³-hybridized carbons (Fsp3) is 0. The van der Waals surface area contributed by atoms with Crippen LogP contribution in [0.2, 0.25) is 0 Å². The molecular weight excluding hydrogens is 279 g/mol. The largest absolute Gasteiger partial charge is 0.410 e. The van der Waals surface area contributed by atoms with Crippen molar-refractivity contribution >= 4 is 43.6 Å². The first-order valence-corrected chi connectivity index (χ1v) is 5.32. The van der Waals surface area contributed by atoms with Crippen LogP contribution in [0.25, 0.3) is 10.9 Å². The summed E-state index contributed by atoms with van der Waals surface area (Å²) in [4.78, 5) is 4.20. The van der Waals surface area contributed by atoms with Gasteiger partial charge in [-0.05, 0) is 18.2 Å². The molecule has 1 aromatic heterocycles. The van der Waals surface area contributed by atoms with E-state index in [9.17, 15) is 0 Å². The quantitative estimate of drug-likeness (QED) is 0.496. The molecule has 0 aliphatic rings. The summed E-state index contributed by atoms with van der Waals surface area (Å²) < 4.78 is 0.928. The van der Waals surface area contributed by atoms with Gasteiger partial charge in [-0.25, -0.2) is 0 Å². The van der Waals surface area contributed by atoms with Crippen LogP contribution in [0.4, 0.5) is 0 Å². The van der Waals surface area contributed by atoms with Crippen LogP contribution in [0.5, 0.6) is 0 Å². The second kappa shape index (κ2) is 4.16. The molecule has 2 aromatic rings. The van der Waals surface area contributed by atoms with E-state index in [2.05, 4.69) is 26.1 Å². The van der Waals surface area contributed by atoms with E-state index in [-0.39, 0.29) is 5.17 Å². The summed E-state index contributed by atoms with van der Waals surface area (Å²) in [7, 11) is 0. The van der Waals surface area contributed by atoms with Crippen molar-refractivity contribution in [2.24, 2.45) is 5.16 Å². The van der Waals surface area contributed by atoms with Gasteiger partial charge in [0.1, 0.15) is 0 Å². The van der Waals surface area contributed by atoms with Crippen molar-refractivity contribution in [3.05, 3.63) is 40.5 Å². The summed E-state index contributed by atoms with van der Waals surface area (Å²) in [5, 5.41) is 12.6. The molecule has 5 heteroatoms. The van der Waals surface area contributed by atoms with Crippen LogP contribution in [0.3, 0.4) is 0 Å². The third kappa shape index (κ3) is 1.82. The fourth-order valence-corrected chi connectivity index (χ4v) is 1.96. The molecule has 76 valence electrons. The normalized spacial score (nSPS) is 12.0. The number of benzene rings is 1. The summed E-state index contributed by atoms with van der Waals surface area (Å²) >= 11 is 9.18. The number of nitrogens with zero attached hydrogens (tertiary/aromatic N) is 2. The fourth-order valence-electron chi connectivity index (χ4n) is 1.36. The number of pyridine rings is 1. The molecule has 0 atom stereocenters. The number of fused-ring (bicyclic) bond motifs is 1. The van der Waals surface area contributed by atoms with Crippen LogP contribution in [0.1, 0.15) is 5.56 Å². The number of oxime groups is 1. The Balaban J connectivity index is 2.83. The molecule has 0 saturated carbocycles. The summed E-state index contributed by atoms with van der Waals surface area (Å²) in [6.07, 6.45) is 1.67. The van der Waals surface area contributed by atoms with Gasteiger partial charge < -0.3 is 5.21 Å². The van der Waals surface area contributed by atoms with Gasteiger partial charge in [-0.15, -0.1) is 0 Å². The number of hydrogen-bond acceptors (Lipinski definition) is 3. The third-order valence-electron chi connectivity index (χ3n) is 2.03. The smallest absolute Gasteiger partial charge is 0.177 e. The number of halogens is 2. The Morgan fingerprint density at radius 3 is 2.93 bits per heavy atom. The summed E-state index contributed by atoms with van der Waals surface area (Å²) in [5.41, 5.74) is 1.31. The van der Waals surface area contributed by atoms with E-state index in [0.717, 1.165) is 9.86 Å². The van der Waals surface area contributed by atoms with E-state index in [1.165, 1.54) is 0 Å². The maximum Gasteiger partial charge on any atom is 0.177 e. The van der Waals surface area contributed by atoms with E-state index in [1.54, 1.807) is 12.3 Å². The lowest BCUT2D eigenvalue weighted by Gasteiger charge is -2.04. The molecule has 0 aliphatic carbocycles. The van der Waals surface area contributed by atoms with Crippen molar-refractivity contribution < 1.29 is 5.21 Å². The molecule has 0 saturated heterocycles. The number of rotatable bonds is 1. The summed E-state index contributed by atoms with van der Waals surface area (Å²) in [6, 6.07) is 7.34. The molecule has 1 N–H and O–H groups in total. The maximum absolute atomic E-state index is 8.63. The van der Waals surface area contributed by atoms with E-state index < -0.39 is 0 Å². The first-order chi connectivity index (χ1) is 7.24. The second-order valence-electron chi connectivity index (χ2n) is 2.89. The minimum absolute atomic E-state index is 0.0335. The highest BCUT2D eigenvalue weighted by molar-refractivity contribution is 9.10. The average molecular weight is 286 g/mol. The van der Waals surface area contributed by atoms with E-state index >= 15 is 0 Å². The highest BCUT2D eigenvalue weighted by atomic mass is 79.9. The highest BCUT2D eigenvalue weighted by Gasteiger charge is 2.09. The van der Waals surface area contributed by atoms with Gasteiger partial charge in [-0.2, -0.15) is 0 Å². The molecule has 0 aliphatic heterocycles. The lowest BCUT2D eigenvalue weighted by Crippen LogP contribution is -1.94. The van der Waals surface area contributed by atoms with Gasteiger partial charge in [0.05, 0.1) is 5.52 Å². The van der Waals surface area contributed by atoms with Crippen molar-refractivity contribution in [3.63, 3.8) is 0 Å². The van der Waals surface area contributed by atoms with Gasteiger partial charge in [-0.3, -0.25) is 4.98 Å². The van der Waals surface area contributed by atoms with Gasteiger partial charge in [0, 0.05) is 21.6 Å². The third-order valence-corrected chi connectivity index (χ3v) is 3.00. The van der Waals surface area contributed by atoms with Crippen LogP contribution in [-0.4, -0.2) is 15.4 Å². The average Bonchev–Trinajstić information content (AvgIpc) is 2.29. The number of hydrogen-bond donors (Lipinski definition) is 1. The zero-order chi connectivity index (χ0) is 10.8. The standard InChI is InChI=1S/C10H6BrClN2O/c11-8-4-3-7(10(12)14-15)9-6(8)2-1-5-13-9/h1-5,15H/b14-10+. The SMILES string of the molecule is O/N=C(/Cl)c1ccc(Br)c2cccnc12. The zero-order valence-corrected chi connectivity index (χ0v) is 9.83. The Morgan fingerprint density at radius 2 is 2.20 bits per heavy atom. The van der Waals surface area contributed by atoms with Crippen LogP contribution >= 0.6 is 27.5 Å². The Kier molecular flexibility index (Phi) is 2.88. The lowest BCUT2D eigenvalue weighted by molar-refractivity contribution is 0.321. The van der Waals surface area contributed by atoms with Gasteiger partial charge in [-0.1, -0.05) is 38.8 Å². The van der Waals surface area contributed by atoms with Gasteiger partial charge in [0.15, 0.2) is 5.17 Å². The Hall–Kier alpha value is -1.13. The lowest BCUT2D eigenvalue weighted by atomic mass is 10.1. The molecule has 1 heterocycles. The van der Waals surface area contributed by atoms with E-state index in [0.29, 0.717) is 11.1 Å². The Morgan fingerprint density at radius 1 is 1.40 bits per heavy atom. The van der Waals surface area contributed by atoms with E-state index in [1.807, 2.05) is 18.2 Å². The molecule has 0 spiro atoms. The Bertz CT molecular complexity index is 542. The maximum atomic E-state index is 8.63. The molecule has 3 nitrogen and oxygen atoms in total. The summed E-state index contributed by atoms with van der Waals surface area (Å²) in [5.74, 6) is 0. The Labute approximate surface area is 99.5 Å². The molecule has 0 unspecified atom stereocenters. The van der Waals surface area contributed by atoms with Gasteiger partial charge >= 0.3 is 0 Å². The first kappa shape index (κ1) is 10.4. The monoisotopic (exact) mass is 284 g/mol. The molecule has 0 amide bonds. The summed E-state index contributed by atoms with van der Waals surface area (Å²) in [6.45, 7) is 0. The molecule has 0 fully saturated rings. The molecule has 2 rings (SSSR count). The van der Waals surface area contributed by atoms with Crippen LogP contribution in [-0.2, 0) is 0 Å². The molecule has 1 aromatic carbocycles. The van der Waals surface area contributed by atoms with Crippen molar-refractivity contribution in [1.82, 2.24) is 4.98 Å². The van der Waals surface area contributed by atoms with E-state index in [4.69, 9.17) is 16.8 Å². The van der Waals surface area contributed by atoms with Crippen molar-refractivity contribution in [1.29, 1.82) is 0 Å². The van der Waals surface area contributed by atoms with Crippen molar-refractivity contribution in [2.75, 3.05) is 0 Å². The van der Waals surface area contributed by atoms with Crippen molar-refractivity contribution in [2.45, 2.75) is 0 Å². The molecule has 0 bridgehead atoms. The molecular formula is C10H6BrClN2O. The van der Waals surface area contributed by atoms with Crippen LogP contribution < -0.4 is 0 Å². The van der Waals surface area contributed by atoms with Gasteiger partial charge in [0.25, 0.3) is 0 Å². The zero-order valence-electron chi connectivity index (χ0n) is 7.48. The van der Waals surface area contributed by atoms with Crippen molar-refractivity contribution in [3.8, 4) is 0 Å². The topological polar surface area (TPSA) is 45.5 Å². The number of aromatic nitrogens is 1. The minimum Gasteiger partial charge on any atom is -0.410 e. The van der Waals surface area contributed by atoms with Gasteiger partial charge in [0.2, 0.25) is 0 Å². The van der Waals surface area contributed by atoms with Crippen LogP contribution in [0, 0.1) is 0 Å². The minimum atomic E-state index is 0.0335. The highest BCUT2D eigenvalue weighted by Crippen LogP contribution is 2.26. The molecule has 15 heavy (non-hydrogen) atoms. The predicted molar refractivity (Wildman–Crippen MR) is 63.6 cm³/mol. The first-order valence-electron chi connectivity index (χ1n) is 4.15. The van der Waals surface area contributed by atoms with Crippen LogP contribution in [0.15, 0.2) is 40.1 Å².